The van der Waals surface area contributed by atoms with Gasteiger partial charge in [-0.05, 0) is 31.0 Å². The lowest BCUT2D eigenvalue weighted by Gasteiger charge is -2.11. The Morgan fingerprint density at radius 2 is 2.00 bits per heavy atom. The quantitative estimate of drug-likeness (QED) is 0.901. The zero-order chi connectivity index (χ0) is 14.8. The van der Waals surface area contributed by atoms with Gasteiger partial charge in [0.1, 0.15) is 23.5 Å². The van der Waals surface area contributed by atoms with E-state index in [9.17, 15) is 0 Å². The Morgan fingerprint density at radius 3 is 2.67 bits per heavy atom. The molecule has 1 saturated carbocycles. The highest BCUT2D eigenvalue weighted by Crippen LogP contribution is 2.39. The van der Waals surface area contributed by atoms with Crippen LogP contribution in [0.4, 0.5) is 17.3 Å². The van der Waals surface area contributed by atoms with E-state index in [4.69, 9.17) is 16.9 Å². The minimum absolute atomic E-state index is 0.452. The van der Waals surface area contributed by atoms with Crippen molar-refractivity contribution in [3.05, 3.63) is 40.7 Å². The summed E-state index contributed by atoms with van der Waals surface area (Å²) in [6, 6.07) is 9.06. The van der Waals surface area contributed by atoms with Gasteiger partial charge in [0.15, 0.2) is 0 Å². The van der Waals surface area contributed by atoms with Crippen molar-refractivity contribution < 1.29 is 0 Å². The number of rotatable bonds is 4. The summed E-state index contributed by atoms with van der Waals surface area (Å²) in [5.74, 6) is 2.71. The second-order valence-electron chi connectivity index (χ2n) is 4.95. The SMILES string of the molecule is CNc1cc(Nc2cc(Cl)ccc2C#N)nc(C2CC2)n1. The smallest absolute Gasteiger partial charge is 0.136 e. The molecule has 0 spiro atoms. The molecule has 0 bridgehead atoms. The molecule has 3 rings (SSSR count). The lowest BCUT2D eigenvalue weighted by atomic mass is 10.2. The van der Waals surface area contributed by atoms with E-state index in [0.717, 1.165) is 24.5 Å². The van der Waals surface area contributed by atoms with Gasteiger partial charge >= 0.3 is 0 Å². The Balaban J connectivity index is 1.96. The van der Waals surface area contributed by atoms with Gasteiger partial charge in [-0.15, -0.1) is 0 Å². The number of nitriles is 1. The molecule has 0 amide bonds. The highest BCUT2D eigenvalue weighted by atomic mass is 35.5. The normalized spacial score (nSPS) is 13.6. The third-order valence-corrected chi connectivity index (χ3v) is 3.54. The van der Waals surface area contributed by atoms with Crippen LogP contribution in [0.15, 0.2) is 24.3 Å². The number of anilines is 3. The Bertz CT molecular complexity index is 718. The molecule has 0 radical (unpaired) electrons. The second kappa shape index (κ2) is 5.58. The van der Waals surface area contributed by atoms with E-state index in [1.165, 1.54) is 0 Å². The lowest BCUT2D eigenvalue weighted by Crippen LogP contribution is -2.03. The molecule has 1 fully saturated rings. The van der Waals surface area contributed by atoms with E-state index < -0.39 is 0 Å². The summed E-state index contributed by atoms with van der Waals surface area (Å²) in [5, 5.41) is 15.9. The Morgan fingerprint density at radius 1 is 1.24 bits per heavy atom. The minimum atomic E-state index is 0.452. The molecule has 0 aliphatic heterocycles. The van der Waals surface area contributed by atoms with Gasteiger partial charge < -0.3 is 10.6 Å². The third kappa shape index (κ3) is 3.06. The van der Waals surface area contributed by atoms with Crippen molar-refractivity contribution in [2.75, 3.05) is 17.7 Å². The van der Waals surface area contributed by atoms with Gasteiger partial charge in [-0.25, -0.2) is 9.97 Å². The highest BCUT2D eigenvalue weighted by molar-refractivity contribution is 6.30. The molecule has 106 valence electrons. The van der Waals surface area contributed by atoms with Gasteiger partial charge in [0.25, 0.3) is 0 Å². The molecule has 0 saturated heterocycles. The number of hydrogen-bond acceptors (Lipinski definition) is 5. The van der Waals surface area contributed by atoms with Crippen molar-refractivity contribution >= 4 is 28.9 Å². The average molecular weight is 300 g/mol. The summed E-state index contributed by atoms with van der Waals surface area (Å²) in [6.45, 7) is 0. The van der Waals surface area contributed by atoms with Crippen molar-refractivity contribution in [3.8, 4) is 6.07 Å². The third-order valence-electron chi connectivity index (χ3n) is 3.31. The van der Waals surface area contributed by atoms with E-state index in [-0.39, 0.29) is 0 Å². The van der Waals surface area contributed by atoms with E-state index in [1.54, 1.807) is 18.2 Å². The molecule has 0 atom stereocenters. The van der Waals surface area contributed by atoms with E-state index >= 15 is 0 Å². The fraction of sp³-hybridized carbons (Fsp3) is 0.267. The Hall–Kier alpha value is -2.32. The van der Waals surface area contributed by atoms with Crippen LogP contribution in [0, 0.1) is 11.3 Å². The molecule has 6 heteroatoms. The average Bonchev–Trinajstić information content (AvgIpc) is 3.32. The summed E-state index contributed by atoms with van der Waals surface area (Å²) in [7, 11) is 1.82. The van der Waals surface area contributed by atoms with Crippen LogP contribution >= 0.6 is 11.6 Å². The van der Waals surface area contributed by atoms with E-state index in [1.807, 2.05) is 13.1 Å². The highest BCUT2D eigenvalue weighted by Gasteiger charge is 2.27. The number of halogens is 1. The van der Waals surface area contributed by atoms with Gasteiger partial charge in [0.05, 0.1) is 11.3 Å². The van der Waals surface area contributed by atoms with Crippen LogP contribution in [-0.2, 0) is 0 Å². The number of hydrogen-bond donors (Lipinski definition) is 2. The molecule has 1 heterocycles. The zero-order valence-electron chi connectivity index (χ0n) is 11.5. The van der Waals surface area contributed by atoms with Crippen molar-refractivity contribution in [2.45, 2.75) is 18.8 Å². The number of nitrogens with zero attached hydrogens (tertiary/aromatic N) is 3. The fourth-order valence-corrected chi connectivity index (χ4v) is 2.21. The molecule has 2 N–H and O–H groups in total. The fourth-order valence-electron chi connectivity index (χ4n) is 2.04. The van der Waals surface area contributed by atoms with Crippen molar-refractivity contribution in [3.63, 3.8) is 0 Å². The zero-order valence-corrected chi connectivity index (χ0v) is 12.3. The number of benzene rings is 1. The Labute approximate surface area is 128 Å². The molecular weight excluding hydrogens is 286 g/mol. The van der Waals surface area contributed by atoms with Gasteiger partial charge in [0.2, 0.25) is 0 Å². The summed E-state index contributed by atoms with van der Waals surface area (Å²) in [5.41, 5.74) is 1.17. The largest absolute Gasteiger partial charge is 0.373 e. The van der Waals surface area contributed by atoms with Gasteiger partial charge in [-0.2, -0.15) is 5.26 Å². The van der Waals surface area contributed by atoms with Crippen LogP contribution < -0.4 is 10.6 Å². The predicted octanol–water partition coefficient (Wildman–Crippen LogP) is 3.66. The molecule has 1 aromatic carbocycles. The summed E-state index contributed by atoms with van der Waals surface area (Å²) < 4.78 is 0. The molecule has 1 aliphatic rings. The number of aromatic nitrogens is 2. The van der Waals surface area contributed by atoms with Crippen LogP contribution in [-0.4, -0.2) is 17.0 Å². The van der Waals surface area contributed by atoms with Crippen LogP contribution in [0.1, 0.15) is 30.1 Å². The Kier molecular flexibility index (Phi) is 3.63. The first kappa shape index (κ1) is 13.7. The monoisotopic (exact) mass is 299 g/mol. The van der Waals surface area contributed by atoms with Crippen LogP contribution in [0.3, 0.4) is 0 Å². The molecule has 0 unspecified atom stereocenters. The van der Waals surface area contributed by atoms with Crippen molar-refractivity contribution in [1.29, 1.82) is 5.26 Å². The van der Waals surface area contributed by atoms with E-state index in [0.29, 0.717) is 28.0 Å². The van der Waals surface area contributed by atoms with E-state index in [2.05, 4.69) is 26.7 Å². The lowest BCUT2D eigenvalue weighted by molar-refractivity contribution is 0.932. The maximum absolute atomic E-state index is 9.16. The topological polar surface area (TPSA) is 73.6 Å². The van der Waals surface area contributed by atoms with Crippen LogP contribution in [0.5, 0.6) is 0 Å². The van der Waals surface area contributed by atoms with Crippen molar-refractivity contribution in [1.82, 2.24) is 9.97 Å². The summed E-state index contributed by atoms with van der Waals surface area (Å²) in [6.07, 6.45) is 2.26. The molecule has 1 aromatic heterocycles. The van der Waals surface area contributed by atoms with Gasteiger partial charge in [-0.1, -0.05) is 11.6 Å². The first-order valence-electron chi connectivity index (χ1n) is 6.73. The van der Waals surface area contributed by atoms with Gasteiger partial charge in [0, 0.05) is 24.1 Å². The number of nitrogens with one attached hydrogen (secondary N) is 2. The minimum Gasteiger partial charge on any atom is -0.373 e. The van der Waals surface area contributed by atoms with Crippen molar-refractivity contribution in [2.24, 2.45) is 0 Å². The molecule has 1 aliphatic carbocycles. The molecule has 2 aromatic rings. The van der Waals surface area contributed by atoms with Gasteiger partial charge in [-0.3, -0.25) is 0 Å². The maximum atomic E-state index is 9.16. The molecular formula is C15H14ClN5. The summed E-state index contributed by atoms with van der Waals surface area (Å²) >= 11 is 6.00. The first-order valence-corrected chi connectivity index (χ1v) is 7.11. The molecule has 5 nitrogen and oxygen atoms in total. The molecule has 21 heavy (non-hydrogen) atoms. The maximum Gasteiger partial charge on any atom is 0.136 e. The summed E-state index contributed by atoms with van der Waals surface area (Å²) in [4.78, 5) is 8.99. The second-order valence-corrected chi connectivity index (χ2v) is 5.38. The standard InChI is InChI=1S/C15H14ClN5/c1-18-13-7-14(21-15(20-13)9-2-3-9)19-12-6-11(16)5-4-10(12)8-17/h4-7,9H,2-3H2,1H3,(H2,18,19,20,21). The van der Waals surface area contributed by atoms with Crippen LogP contribution in [0.2, 0.25) is 5.02 Å². The van der Waals surface area contributed by atoms with Crippen LogP contribution in [0.25, 0.3) is 0 Å². The first-order chi connectivity index (χ1) is 10.2. The predicted molar refractivity (Wildman–Crippen MR) is 83.0 cm³/mol.